The van der Waals surface area contributed by atoms with Gasteiger partial charge in [0, 0.05) is 24.3 Å². The summed E-state index contributed by atoms with van der Waals surface area (Å²) in [4.78, 5) is 13.9. The van der Waals surface area contributed by atoms with Gasteiger partial charge in [0.15, 0.2) is 0 Å². The smallest absolute Gasteiger partial charge is 0.262 e. The molecule has 2 atom stereocenters. The van der Waals surface area contributed by atoms with Crippen molar-refractivity contribution in [1.82, 2.24) is 4.90 Å². The molecule has 1 fully saturated rings. The van der Waals surface area contributed by atoms with Crippen LogP contribution in [0.2, 0.25) is 0 Å². The summed E-state index contributed by atoms with van der Waals surface area (Å²) >= 11 is 0. The third kappa shape index (κ3) is 3.33. The summed E-state index contributed by atoms with van der Waals surface area (Å²) in [6.07, 6.45) is 1.12. The summed E-state index contributed by atoms with van der Waals surface area (Å²) in [7, 11) is 3.17. The maximum Gasteiger partial charge on any atom is 0.262 e. The van der Waals surface area contributed by atoms with Gasteiger partial charge in [-0.3, -0.25) is 4.79 Å². The van der Waals surface area contributed by atoms with Crippen LogP contribution >= 0.6 is 10.7 Å². The Morgan fingerprint density at radius 1 is 1.45 bits per heavy atom. The van der Waals surface area contributed by atoms with Crippen molar-refractivity contribution in [3.63, 3.8) is 0 Å². The predicted octanol–water partition coefficient (Wildman–Crippen LogP) is 2.65. The Bertz CT molecular complexity index is 642. The first kappa shape index (κ1) is 15.3. The minimum atomic E-state index is -3.93. The molecule has 2 unspecified atom stereocenters. The molecule has 2 rings (SSSR count). The van der Waals surface area contributed by atoms with E-state index < -0.39 is 9.05 Å². The lowest BCUT2D eigenvalue weighted by atomic mass is 10.1. The van der Waals surface area contributed by atoms with Crippen molar-refractivity contribution in [3.05, 3.63) is 29.3 Å². The molecule has 1 aromatic rings. The van der Waals surface area contributed by atoms with Crippen LogP contribution in [0.4, 0.5) is 0 Å². The molecule has 1 aliphatic rings. The van der Waals surface area contributed by atoms with Gasteiger partial charge in [-0.1, -0.05) is 18.6 Å². The van der Waals surface area contributed by atoms with E-state index >= 15 is 0 Å². The van der Waals surface area contributed by atoms with Crippen molar-refractivity contribution < 1.29 is 13.2 Å². The maximum absolute atomic E-state index is 12.4. The van der Waals surface area contributed by atoms with E-state index in [1.807, 2.05) is 6.92 Å². The van der Waals surface area contributed by atoms with Gasteiger partial charge in [-0.2, -0.15) is 0 Å². The highest BCUT2D eigenvalue weighted by Crippen LogP contribution is 2.38. The van der Waals surface area contributed by atoms with Crippen LogP contribution in [0, 0.1) is 18.8 Å². The number of nitrogens with zero attached hydrogens (tertiary/aromatic N) is 1. The summed E-state index contributed by atoms with van der Waals surface area (Å²) in [5.41, 5.74) is 0.974. The fourth-order valence-electron chi connectivity index (χ4n) is 2.32. The molecule has 0 saturated heterocycles. The number of carbonyl (C=O) groups is 1. The molecule has 110 valence electrons. The largest absolute Gasteiger partial charge is 0.341 e. The van der Waals surface area contributed by atoms with E-state index in [2.05, 4.69) is 6.92 Å². The van der Waals surface area contributed by atoms with Crippen molar-refractivity contribution in [2.24, 2.45) is 11.8 Å². The van der Waals surface area contributed by atoms with Crippen molar-refractivity contribution in [1.29, 1.82) is 0 Å². The third-order valence-corrected chi connectivity index (χ3v) is 5.14. The highest BCUT2D eigenvalue weighted by atomic mass is 35.7. The number of amides is 1. The van der Waals surface area contributed by atoms with Crippen LogP contribution in [0.5, 0.6) is 0 Å². The molecule has 0 aliphatic heterocycles. The third-order valence-electron chi connectivity index (χ3n) is 3.76. The van der Waals surface area contributed by atoms with E-state index in [0.29, 0.717) is 18.4 Å². The zero-order chi connectivity index (χ0) is 15.1. The first-order chi connectivity index (χ1) is 9.20. The topological polar surface area (TPSA) is 54.5 Å². The molecule has 1 aromatic carbocycles. The molecule has 0 spiro atoms. The molecule has 1 saturated carbocycles. The van der Waals surface area contributed by atoms with Crippen LogP contribution in [0.25, 0.3) is 0 Å². The Labute approximate surface area is 124 Å². The second-order valence-corrected chi connectivity index (χ2v) is 8.13. The second-order valence-electron chi connectivity index (χ2n) is 5.60. The van der Waals surface area contributed by atoms with E-state index in [1.54, 1.807) is 24.1 Å². The average Bonchev–Trinajstić information content (AvgIpc) is 3.02. The van der Waals surface area contributed by atoms with Gasteiger partial charge in [-0.25, -0.2) is 8.42 Å². The fourth-order valence-corrected chi connectivity index (χ4v) is 3.36. The number of hydrogen-bond acceptors (Lipinski definition) is 3. The molecular weight excluding hydrogens is 298 g/mol. The summed E-state index contributed by atoms with van der Waals surface area (Å²) in [5.74, 6) is 0.857. The maximum atomic E-state index is 12.4. The Kier molecular flexibility index (Phi) is 4.12. The minimum Gasteiger partial charge on any atom is -0.341 e. The molecule has 0 bridgehead atoms. The Morgan fingerprint density at radius 3 is 2.55 bits per heavy atom. The van der Waals surface area contributed by atoms with Gasteiger partial charge in [0.05, 0.1) is 10.5 Å². The normalized spacial score (nSPS) is 21.6. The van der Waals surface area contributed by atoms with Gasteiger partial charge >= 0.3 is 0 Å². The van der Waals surface area contributed by atoms with Crippen LogP contribution in [-0.4, -0.2) is 32.8 Å². The van der Waals surface area contributed by atoms with Gasteiger partial charge in [0.2, 0.25) is 0 Å². The first-order valence-corrected chi connectivity index (χ1v) is 8.82. The number of carbonyl (C=O) groups excluding carboxylic acids is 1. The van der Waals surface area contributed by atoms with Crippen LogP contribution in [-0.2, 0) is 9.05 Å². The van der Waals surface area contributed by atoms with Crippen molar-refractivity contribution >= 4 is 25.6 Å². The molecule has 0 aromatic heterocycles. The van der Waals surface area contributed by atoms with E-state index in [1.165, 1.54) is 6.07 Å². The lowest BCUT2D eigenvalue weighted by molar-refractivity contribution is 0.0783. The van der Waals surface area contributed by atoms with Crippen molar-refractivity contribution in [3.8, 4) is 0 Å². The molecule has 1 amide bonds. The number of halogens is 1. The van der Waals surface area contributed by atoms with E-state index in [-0.39, 0.29) is 16.4 Å². The van der Waals surface area contributed by atoms with Crippen molar-refractivity contribution in [2.45, 2.75) is 25.2 Å². The molecule has 0 N–H and O–H groups in total. The highest BCUT2D eigenvalue weighted by Gasteiger charge is 2.35. The standard InChI is InChI=1S/C14H18ClNO3S/c1-9-4-5-13(20(15,18)19)12(6-9)14(17)16(3)8-11-7-10(11)2/h4-6,10-11H,7-8H2,1-3H3. The van der Waals surface area contributed by atoms with Gasteiger partial charge in [-0.15, -0.1) is 0 Å². The Hall–Kier alpha value is -1.07. The predicted molar refractivity (Wildman–Crippen MR) is 78.4 cm³/mol. The van der Waals surface area contributed by atoms with E-state index in [9.17, 15) is 13.2 Å². The quantitative estimate of drug-likeness (QED) is 0.803. The second kappa shape index (κ2) is 5.37. The number of aryl methyl sites for hydroxylation is 1. The zero-order valence-electron chi connectivity index (χ0n) is 11.8. The number of benzene rings is 1. The summed E-state index contributed by atoms with van der Waals surface area (Å²) in [5, 5.41) is 0. The Morgan fingerprint density at radius 2 is 2.05 bits per heavy atom. The van der Waals surface area contributed by atoms with Gasteiger partial charge in [-0.05, 0) is 37.3 Å². The zero-order valence-corrected chi connectivity index (χ0v) is 13.3. The average molecular weight is 316 g/mol. The molecule has 4 nitrogen and oxygen atoms in total. The summed E-state index contributed by atoms with van der Waals surface area (Å²) < 4.78 is 23.1. The molecule has 6 heteroatoms. The number of rotatable bonds is 4. The SMILES string of the molecule is Cc1ccc(S(=O)(=O)Cl)c(C(=O)N(C)CC2CC2C)c1. The molecule has 20 heavy (non-hydrogen) atoms. The van der Waals surface area contributed by atoms with Crippen LogP contribution in [0.15, 0.2) is 23.1 Å². The van der Waals surface area contributed by atoms with Gasteiger partial charge in [0.25, 0.3) is 15.0 Å². The molecule has 0 radical (unpaired) electrons. The number of hydrogen-bond donors (Lipinski definition) is 0. The van der Waals surface area contributed by atoms with E-state index in [0.717, 1.165) is 12.0 Å². The monoisotopic (exact) mass is 315 g/mol. The van der Waals surface area contributed by atoms with Gasteiger partial charge < -0.3 is 4.90 Å². The van der Waals surface area contributed by atoms with Crippen LogP contribution < -0.4 is 0 Å². The fraction of sp³-hybridized carbons (Fsp3) is 0.500. The van der Waals surface area contributed by atoms with Gasteiger partial charge in [0.1, 0.15) is 0 Å². The van der Waals surface area contributed by atoms with Crippen LogP contribution in [0.1, 0.15) is 29.3 Å². The summed E-state index contributed by atoms with van der Waals surface area (Å²) in [6, 6.07) is 4.60. The van der Waals surface area contributed by atoms with Crippen LogP contribution in [0.3, 0.4) is 0 Å². The Balaban J connectivity index is 2.30. The van der Waals surface area contributed by atoms with Crippen molar-refractivity contribution in [2.75, 3.05) is 13.6 Å². The summed E-state index contributed by atoms with van der Waals surface area (Å²) in [6.45, 7) is 4.60. The highest BCUT2D eigenvalue weighted by molar-refractivity contribution is 8.13. The molecule has 1 aliphatic carbocycles. The molecular formula is C14H18ClNO3S. The minimum absolute atomic E-state index is 0.120. The molecule has 0 heterocycles. The lowest BCUT2D eigenvalue weighted by Gasteiger charge is -2.18. The van der Waals surface area contributed by atoms with E-state index in [4.69, 9.17) is 10.7 Å². The first-order valence-electron chi connectivity index (χ1n) is 6.51. The lowest BCUT2D eigenvalue weighted by Crippen LogP contribution is -2.30.